The van der Waals surface area contributed by atoms with Gasteiger partial charge in [0.2, 0.25) is 11.7 Å². The van der Waals surface area contributed by atoms with E-state index in [1.165, 1.54) is 45.6 Å². The lowest BCUT2D eigenvalue weighted by Crippen LogP contribution is -2.13. The number of hydrogen-bond acceptors (Lipinski definition) is 8. The first kappa shape index (κ1) is 25.3. The topological polar surface area (TPSA) is 109 Å². The maximum absolute atomic E-state index is 12.5. The summed E-state index contributed by atoms with van der Waals surface area (Å²) in [5, 5.41) is 2.64. The number of rotatable bonds is 10. The fourth-order valence-electron chi connectivity index (χ4n) is 2.92. The highest BCUT2D eigenvalue weighted by molar-refractivity contribution is 6.04. The molecule has 0 aliphatic rings. The maximum atomic E-state index is 12.5. The van der Waals surface area contributed by atoms with Crippen molar-refractivity contribution in [1.82, 2.24) is 0 Å². The maximum Gasteiger partial charge on any atom is 0.338 e. The quantitative estimate of drug-likeness (QED) is 0.425. The fourth-order valence-corrected chi connectivity index (χ4v) is 2.92. The molecule has 9 heteroatoms. The number of amides is 1. The van der Waals surface area contributed by atoms with Crippen LogP contribution >= 0.6 is 0 Å². The van der Waals surface area contributed by atoms with Crippen molar-refractivity contribution < 1.29 is 38.1 Å². The zero-order chi connectivity index (χ0) is 24.4. The van der Waals surface area contributed by atoms with Crippen LogP contribution in [0.5, 0.6) is 17.2 Å². The number of methoxy groups -OCH3 is 3. The number of ether oxygens (including phenoxy) is 5. The SMILES string of the molecule is CCOC(=O)c1cc(NC(=O)/C=C/c2cc(OC)c(OC)c(OC)c2)cc(C(=O)OCC)c1. The predicted molar refractivity (Wildman–Crippen MR) is 122 cm³/mol. The minimum Gasteiger partial charge on any atom is -0.493 e. The molecular formula is C24H27NO8. The van der Waals surface area contributed by atoms with Crippen molar-refractivity contribution in [3.05, 3.63) is 53.1 Å². The molecule has 2 rings (SSSR count). The Bertz CT molecular complexity index is 984. The van der Waals surface area contributed by atoms with Crippen molar-refractivity contribution in [2.24, 2.45) is 0 Å². The van der Waals surface area contributed by atoms with E-state index >= 15 is 0 Å². The van der Waals surface area contributed by atoms with Crippen LogP contribution in [0.15, 0.2) is 36.4 Å². The summed E-state index contributed by atoms with van der Waals surface area (Å²) in [6.45, 7) is 3.68. The van der Waals surface area contributed by atoms with Gasteiger partial charge in [-0.1, -0.05) is 0 Å². The molecule has 0 spiro atoms. The molecule has 0 bridgehead atoms. The average molecular weight is 457 g/mol. The van der Waals surface area contributed by atoms with E-state index in [4.69, 9.17) is 23.7 Å². The first-order valence-corrected chi connectivity index (χ1v) is 10.1. The zero-order valence-electron chi connectivity index (χ0n) is 19.2. The third-order valence-corrected chi connectivity index (χ3v) is 4.34. The highest BCUT2D eigenvalue weighted by atomic mass is 16.5. The Hall–Kier alpha value is -4.01. The summed E-state index contributed by atoms with van der Waals surface area (Å²) in [7, 11) is 4.49. The lowest BCUT2D eigenvalue weighted by Gasteiger charge is -2.12. The molecule has 0 aromatic heterocycles. The molecule has 1 amide bonds. The van der Waals surface area contributed by atoms with Crippen LogP contribution in [-0.4, -0.2) is 52.4 Å². The molecule has 0 aliphatic heterocycles. The number of carbonyl (C=O) groups excluding carboxylic acids is 3. The minimum absolute atomic E-state index is 0.117. The third-order valence-electron chi connectivity index (χ3n) is 4.34. The molecule has 2 aromatic carbocycles. The van der Waals surface area contributed by atoms with Gasteiger partial charge in [-0.2, -0.15) is 0 Å². The van der Waals surface area contributed by atoms with Gasteiger partial charge in [0.05, 0.1) is 45.7 Å². The van der Waals surface area contributed by atoms with Gasteiger partial charge in [0.15, 0.2) is 11.5 Å². The van der Waals surface area contributed by atoms with Crippen molar-refractivity contribution in [3.63, 3.8) is 0 Å². The Balaban J connectivity index is 2.29. The van der Waals surface area contributed by atoms with Gasteiger partial charge in [-0.25, -0.2) is 9.59 Å². The molecule has 0 heterocycles. The largest absolute Gasteiger partial charge is 0.493 e. The van der Waals surface area contributed by atoms with Gasteiger partial charge in [0, 0.05) is 11.8 Å². The smallest absolute Gasteiger partial charge is 0.338 e. The van der Waals surface area contributed by atoms with Gasteiger partial charge in [-0.3, -0.25) is 4.79 Å². The van der Waals surface area contributed by atoms with E-state index in [1.807, 2.05) is 0 Å². The van der Waals surface area contributed by atoms with Gasteiger partial charge in [-0.05, 0) is 55.8 Å². The molecule has 0 atom stereocenters. The Kier molecular flexibility index (Phi) is 9.29. The first-order valence-electron chi connectivity index (χ1n) is 10.1. The minimum atomic E-state index is -0.618. The number of benzene rings is 2. The van der Waals surface area contributed by atoms with Crippen LogP contribution in [0.4, 0.5) is 5.69 Å². The lowest BCUT2D eigenvalue weighted by molar-refractivity contribution is -0.111. The fraction of sp³-hybridized carbons (Fsp3) is 0.292. The molecule has 9 nitrogen and oxygen atoms in total. The zero-order valence-corrected chi connectivity index (χ0v) is 19.2. The van der Waals surface area contributed by atoms with E-state index in [2.05, 4.69) is 5.32 Å². The van der Waals surface area contributed by atoms with E-state index < -0.39 is 17.8 Å². The van der Waals surface area contributed by atoms with Crippen molar-refractivity contribution in [1.29, 1.82) is 0 Å². The molecule has 33 heavy (non-hydrogen) atoms. The van der Waals surface area contributed by atoms with Gasteiger partial charge < -0.3 is 29.0 Å². The highest BCUT2D eigenvalue weighted by Gasteiger charge is 2.16. The van der Waals surface area contributed by atoms with Crippen LogP contribution in [0.3, 0.4) is 0 Å². The summed E-state index contributed by atoms with van der Waals surface area (Å²) >= 11 is 0. The van der Waals surface area contributed by atoms with Gasteiger partial charge in [0.25, 0.3) is 0 Å². The Labute approximate surface area is 192 Å². The van der Waals surface area contributed by atoms with Crippen molar-refractivity contribution in [2.75, 3.05) is 39.9 Å². The summed E-state index contributed by atoms with van der Waals surface area (Å²) < 4.78 is 25.9. The Morgan fingerprint density at radius 3 is 1.73 bits per heavy atom. The highest BCUT2D eigenvalue weighted by Crippen LogP contribution is 2.38. The standard InChI is InChI=1S/C24H27NO8/c1-6-32-23(27)16-12-17(24(28)33-7-2)14-18(13-16)25-21(26)9-8-15-10-19(29-3)22(31-5)20(11-15)30-4/h8-14H,6-7H2,1-5H3,(H,25,26)/b9-8+. The molecule has 0 unspecified atom stereocenters. The number of anilines is 1. The summed E-state index contributed by atoms with van der Waals surface area (Å²) in [4.78, 5) is 36.8. The number of hydrogen-bond donors (Lipinski definition) is 1. The summed E-state index contributed by atoms with van der Waals surface area (Å²) in [6.07, 6.45) is 2.85. The molecular weight excluding hydrogens is 430 g/mol. The summed E-state index contributed by atoms with van der Waals surface area (Å²) in [6, 6.07) is 7.58. The molecule has 2 aromatic rings. The third kappa shape index (κ3) is 6.73. The number of esters is 2. The lowest BCUT2D eigenvalue weighted by atomic mass is 10.1. The van der Waals surface area contributed by atoms with Crippen molar-refractivity contribution in [3.8, 4) is 17.2 Å². The molecule has 0 saturated carbocycles. The second-order valence-electron chi connectivity index (χ2n) is 6.52. The van der Waals surface area contributed by atoms with Gasteiger partial charge >= 0.3 is 11.9 Å². The molecule has 1 N–H and O–H groups in total. The normalized spacial score (nSPS) is 10.5. The van der Waals surface area contributed by atoms with Gasteiger partial charge in [0.1, 0.15) is 0 Å². The van der Waals surface area contributed by atoms with Crippen LogP contribution in [0, 0.1) is 0 Å². The van der Waals surface area contributed by atoms with Crippen LogP contribution in [0.2, 0.25) is 0 Å². The van der Waals surface area contributed by atoms with Crippen LogP contribution in [-0.2, 0) is 14.3 Å². The predicted octanol–water partition coefficient (Wildman–Crippen LogP) is 3.72. The van der Waals surface area contributed by atoms with E-state index in [0.717, 1.165) is 0 Å². The van der Waals surface area contributed by atoms with Crippen molar-refractivity contribution in [2.45, 2.75) is 13.8 Å². The van der Waals surface area contributed by atoms with Crippen LogP contribution in [0.25, 0.3) is 6.08 Å². The summed E-state index contributed by atoms with van der Waals surface area (Å²) in [5.74, 6) is -0.404. The van der Waals surface area contributed by atoms with Gasteiger partial charge in [-0.15, -0.1) is 0 Å². The van der Waals surface area contributed by atoms with Crippen LogP contribution in [0.1, 0.15) is 40.1 Å². The van der Waals surface area contributed by atoms with E-state index in [9.17, 15) is 14.4 Å². The summed E-state index contributed by atoms with van der Waals surface area (Å²) in [5.41, 5.74) is 1.10. The first-order chi connectivity index (χ1) is 15.9. The molecule has 0 fully saturated rings. The number of carbonyl (C=O) groups is 3. The van der Waals surface area contributed by atoms with E-state index in [-0.39, 0.29) is 30.0 Å². The molecule has 0 aliphatic carbocycles. The average Bonchev–Trinajstić information content (AvgIpc) is 2.81. The van der Waals surface area contributed by atoms with Crippen LogP contribution < -0.4 is 19.5 Å². The van der Waals surface area contributed by atoms with E-state index in [1.54, 1.807) is 32.1 Å². The molecule has 0 saturated heterocycles. The molecule has 176 valence electrons. The number of nitrogens with one attached hydrogen (secondary N) is 1. The second kappa shape index (κ2) is 12.1. The Morgan fingerprint density at radius 1 is 0.788 bits per heavy atom. The van der Waals surface area contributed by atoms with Crippen molar-refractivity contribution >= 4 is 29.6 Å². The monoisotopic (exact) mass is 457 g/mol. The Morgan fingerprint density at radius 2 is 1.30 bits per heavy atom. The van der Waals surface area contributed by atoms with E-state index in [0.29, 0.717) is 22.8 Å². The second-order valence-corrected chi connectivity index (χ2v) is 6.52. The molecule has 0 radical (unpaired) electrons.